The summed E-state index contributed by atoms with van der Waals surface area (Å²) in [5.74, 6) is 0.307. The van der Waals surface area contributed by atoms with Crippen LogP contribution in [0.15, 0.2) is 10.8 Å². The fourth-order valence-electron chi connectivity index (χ4n) is 2.18. The van der Waals surface area contributed by atoms with Crippen LogP contribution in [0.25, 0.3) is 0 Å². The molecule has 0 spiro atoms. The number of nitrogens with one attached hydrogen (secondary N) is 1. The number of hydrogen-bond acceptors (Lipinski definition) is 4. The molecular formula is C12H19N3O2. The van der Waals surface area contributed by atoms with Crippen LogP contribution in [0.2, 0.25) is 0 Å². The zero-order valence-corrected chi connectivity index (χ0v) is 10.4. The number of hydrogen-bond donors (Lipinski definition) is 1. The normalized spacial score (nSPS) is 19.5. The zero-order chi connectivity index (χ0) is 12.3. The first-order valence-corrected chi connectivity index (χ1v) is 6.15. The minimum Gasteiger partial charge on any atom is -0.438 e. The highest BCUT2D eigenvalue weighted by Gasteiger charge is 2.24. The van der Waals surface area contributed by atoms with Gasteiger partial charge in [0.1, 0.15) is 0 Å². The second-order valence-electron chi connectivity index (χ2n) is 4.40. The molecule has 5 nitrogen and oxygen atoms in total. The lowest BCUT2D eigenvalue weighted by Crippen LogP contribution is -2.41. The lowest BCUT2D eigenvalue weighted by Gasteiger charge is -2.23. The average Bonchev–Trinajstić information content (AvgIpc) is 2.96. The molecule has 1 N–H and O–H groups in total. The number of carbonyl (C=O) groups excluding carboxylic acids is 1. The van der Waals surface area contributed by atoms with Crippen molar-refractivity contribution in [1.82, 2.24) is 15.2 Å². The van der Waals surface area contributed by atoms with Crippen LogP contribution in [0.4, 0.5) is 0 Å². The number of nitrogens with zero attached hydrogens (tertiary/aromatic N) is 2. The van der Waals surface area contributed by atoms with Crippen molar-refractivity contribution in [3.05, 3.63) is 17.8 Å². The van der Waals surface area contributed by atoms with Gasteiger partial charge in [0.25, 0.3) is 5.91 Å². The van der Waals surface area contributed by atoms with Gasteiger partial charge < -0.3 is 14.6 Å². The van der Waals surface area contributed by atoms with Gasteiger partial charge in [0.2, 0.25) is 5.76 Å². The van der Waals surface area contributed by atoms with Crippen molar-refractivity contribution in [3.8, 4) is 0 Å². The first kappa shape index (κ1) is 12.1. The fraction of sp³-hybridized carbons (Fsp3) is 0.667. The molecule has 1 unspecified atom stereocenters. The number of likely N-dealkylation sites (N-methyl/N-ethyl adjacent to an activating group) is 1. The van der Waals surface area contributed by atoms with E-state index in [1.165, 1.54) is 12.8 Å². The number of carbonyl (C=O) groups is 1. The Kier molecular flexibility index (Phi) is 3.78. The van der Waals surface area contributed by atoms with Crippen LogP contribution in [-0.4, -0.2) is 41.5 Å². The molecule has 2 rings (SSSR count). The number of rotatable bonds is 4. The van der Waals surface area contributed by atoms with Crippen LogP contribution >= 0.6 is 0 Å². The van der Waals surface area contributed by atoms with Gasteiger partial charge in [0.15, 0.2) is 6.39 Å². The van der Waals surface area contributed by atoms with Crippen molar-refractivity contribution >= 4 is 5.91 Å². The molecule has 1 saturated heterocycles. The summed E-state index contributed by atoms with van der Waals surface area (Å²) in [7, 11) is 0. The van der Waals surface area contributed by atoms with Crippen LogP contribution in [0.1, 0.15) is 36.0 Å². The van der Waals surface area contributed by atoms with Crippen molar-refractivity contribution in [3.63, 3.8) is 0 Å². The predicted molar refractivity (Wildman–Crippen MR) is 63.8 cm³/mol. The van der Waals surface area contributed by atoms with Gasteiger partial charge in [-0.2, -0.15) is 0 Å². The maximum atomic E-state index is 12.2. The summed E-state index contributed by atoms with van der Waals surface area (Å²) >= 11 is 0. The van der Waals surface area contributed by atoms with Crippen molar-refractivity contribution in [2.75, 3.05) is 19.6 Å². The molecule has 0 radical (unpaired) electrons. The molecular weight excluding hydrogens is 218 g/mol. The third-order valence-corrected chi connectivity index (χ3v) is 3.21. The summed E-state index contributed by atoms with van der Waals surface area (Å²) < 4.78 is 5.15. The molecule has 1 amide bonds. The lowest BCUT2D eigenvalue weighted by atomic mass is 10.2. The van der Waals surface area contributed by atoms with E-state index in [0.29, 0.717) is 24.0 Å². The largest absolute Gasteiger partial charge is 0.438 e. The third-order valence-electron chi connectivity index (χ3n) is 3.21. The Hall–Kier alpha value is -1.36. The van der Waals surface area contributed by atoms with Crippen LogP contribution in [0, 0.1) is 6.92 Å². The molecule has 17 heavy (non-hydrogen) atoms. The Morgan fingerprint density at radius 2 is 2.53 bits per heavy atom. The van der Waals surface area contributed by atoms with Gasteiger partial charge in [-0.05, 0) is 33.2 Å². The number of aromatic nitrogens is 1. The van der Waals surface area contributed by atoms with E-state index in [0.717, 1.165) is 19.5 Å². The molecule has 0 saturated carbocycles. The predicted octanol–water partition coefficient (Wildman–Crippen LogP) is 1.20. The molecule has 94 valence electrons. The van der Waals surface area contributed by atoms with E-state index in [2.05, 4.69) is 10.3 Å². The van der Waals surface area contributed by atoms with E-state index in [9.17, 15) is 4.79 Å². The molecule has 5 heteroatoms. The highest BCUT2D eigenvalue weighted by molar-refractivity contribution is 5.92. The topological polar surface area (TPSA) is 58.4 Å². The summed E-state index contributed by atoms with van der Waals surface area (Å²) in [5, 5.41) is 3.40. The van der Waals surface area contributed by atoms with Crippen molar-refractivity contribution in [2.24, 2.45) is 0 Å². The highest BCUT2D eigenvalue weighted by atomic mass is 16.3. The van der Waals surface area contributed by atoms with Crippen molar-refractivity contribution in [2.45, 2.75) is 32.7 Å². The molecule has 2 heterocycles. The quantitative estimate of drug-likeness (QED) is 0.854. The van der Waals surface area contributed by atoms with Crippen molar-refractivity contribution < 1.29 is 9.21 Å². The molecule has 1 aliphatic heterocycles. The Labute approximate surface area is 101 Å². The van der Waals surface area contributed by atoms with E-state index >= 15 is 0 Å². The highest BCUT2D eigenvalue weighted by Crippen LogP contribution is 2.12. The van der Waals surface area contributed by atoms with Gasteiger partial charge in [0.05, 0.1) is 5.69 Å². The van der Waals surface area contributed by atoms with Gasteiger partial charge in [-0.3, -0.25) is 4.79 Å². The van der Waals surface area contributed by atoms with Crippen LogP contribution in [0.3, 0.4) is 0 Å². The summed E-state index contributed by atoms with van der Waals surface area (Å²) in [6.07, 6.45) is 3.65. The van der Waals surface area contributed by atoms with Gasteiger partial charge in [0, 0.05) is 19.1 Å². The second-order valence-corrected chi connectivity index (χ2v) is 4.40. The summed E-state index contributed by atoms with van der Waals surface area (Å²) in [5.41, 5.74) is 0.660. The average molecular weight is 237 g/mol. The first-order valence-electron chi connectivity index (χ1n) is 6.15. The monoisotopic (exact) mass is 237 g/mol. The van der Waals surface area contributed by atoms with Gasteiger partial charge in [-0.25, -0.2) is 4.98 Å². The van der Waals surface area contributed by atoms with Crippen molar-refractivity contribution in [1.29, 1.82) is 0 Å². The molecule has 0 bridgehead atoms. The SMILES string of the molecule is CCN(CC1CCCN1)C(=O)c1ocnc1C. The summed E-state index contributed by atoms with van der Waals surface area (Å²) in [6, 6.07) is 0.419. The Morgan fingerprint density at radius 1 is 1.71 bits per heavy atom. The third kappa shape index (κ3) is 2.66. The van der Waals surface area contributed by atoms with Crippen LogP contribution in [-0.2, 0) is 0 Å². The standard InChI is InChI=1S/C12H19N3O2/c1-3-15(7-10-5-4-6-13-10)12(16)11-9(2)14-8-17-11/h8,10,13H,3-7H2,1-2H3. The van der Waals surface area contributed by atoms with Gasteiger partial charge in [-0.1, -0.05) is 0 Å². The first-order chi connectivity index (χ1) is 8.22. The fourth-order valence-corrected chi connectivity index (χ4v) is 2.18. The van der Waals surface area contributed by atoms with E-state index in [1.807, 2.05) is 11.8 Å². The molecule has 1 fully saturated rings. The molecule has 1 aromatic rings. The molecule has 1 atom stereocenters. The Bertz CT molecular complexity index is 383. The van der Waals surface area contributed by atoms with E-state index in [-0.39, 0.29) is 5.91 Å². The smallest absolute Gasteiger partial charge is 0.291 e. The molecule has 1 aliphatic rings. The minimum atomic E-state index is -0.0591. The Morgan fingerprint density at radius 3 is 3.06 bits per heavy atom. The van der Waals surface area contributed by atoms with E-state index in [4.69, 9.17) is 4.42 Å². The zero-order valence-electron chi connectivity index (χ0n) is 10.4. The Balaban J connectivity index is 2.02. The number of aryl methyl sites for hydroxylation is 1. The van der Waals surface area contributed by atoms with E-state index < -0.39 is 0 Å². The molecule has 0 aliphatic carbocycles. The number of oxazole rings is 1. The lowest BCUT2D eigenvalue weighted by molar-refractivity contribution is 0.0718. The van der Waals surface area contributed by atoms with E-state index in [1.54, 1.807) is 6.92 Å². The summed E-state index contributed by atoms with van der Waals surface area (Å²) in [4.78, 5) is 18.0. The molecule has 0 aromatic carbocycles. The minimum absolute atomic E-state index is 0.0591. The number of amides is 1. The maximum Gasteiger partial charge on any atom is 0.291 e. The van der Waals surface area contributed by atoms with Crippen LogP contribution < -0.4 is 5.32 Å². The van der Waals surface area contributed by atoms with Crippen LogP contribution in [0.5, 0.6) is 0 Å². The van der Waals surface area contributed by atoms with Gasteiger partial charge >= 0.3 is 0 Å². The summed E-state index contributed by atoms with van der Waals surface area (Å²) in [6.45, 7) is 6.27. The van der Waals surface area contributed by atoms with Gasteiger partial charge in [-0.15, -0.1) is 0 Å². The molecule has 1 aromatic heterocycles. The second kappa shape index (κ2) is 5.31. The maximum absolute atomic E-state index is 12.2.